The Bertz CT molecular complexity index is 349. The van der Waals surface area contributed by atoms with E-state index in [0.29, 0.717) is 18.6 Å². The fraction of sp³-hybridized carbons (Fsp3) is 0.500. The van der Waals surface area contributed by atoms with Crippen molar-refractivity contribution < 1.29 is 0 Å². The minimum absolute atomic E-state index is 0.398. The first-order chi connectivity index (χ1) is 7.20. The third-order valence-electron chi connectivity index (χ3n) is 3.08. The molecular formula is C12H19N3. The molecule has 1 aliphatic rings. The smallest absolute Gasteiger partial charge is 0.0481 e. The van der Waals surface area contributed by atoms with Crippen molar-refractivity contribution in [2.75, 3.05) is 6.54 Å². The molecule has 1 fully saturated rings. The second kappa shape index (κ2) is 4.31. The van der Waals surface area contributed by atoms with Crippen molar-refractivity contribution in [3.63, 3.8) is 0 Å². The monoisotopic (exact) mass is 205 g/mol. The Labute approximate surface area is 91.0 Å². The molecule has 0 aromatic heterocycles. The zero-order chi connectivity index (χ0) is 10.8. The molecule has 1 heterocycles. The SMILES string of the molecule is Cc1ccc(C)c(C2CC(CN)NN2)c1. The molecule has 3 nitrogen and oxygen atoms in total. The molecule has 1 aromatic carbocycles. The summed E-state index contributed by atoms with van der Waals surface area (Å²) < 4.78 is 0. The zero-order valence-electron chi connectivity index (χ0n) is 9.38. The number of nitrogens with one attached hydrogen (secondary N) is 2. The van der Waals surface area contributed by atoms with E-state index in [-0.39, 0.29) is 0 Å². The summed E-state index contributed by atoms with van der Waals surface area (Å²) in [6.07, 6.45) is 1.07. The predicted octanol–water partition coefficient (Wildman–Crippen LogP) is 1.17. The molecular weight excluding hydrogens is 186 g/mol. The third kappa shape index (κ3) is 2.20. The first kappa shape index (κ1) is 10.6. The first-order valence-corrected chi connectivity index (χ1v) is 5.49. The Hall–Kier alpha value is -0.900. The van der Waals surface area contributed by atoms with E-state index in [1.165, 1.54) is 16.7 Å². The third-order valence-corrected chi connectivity index (χ3v) is 3.08. The maximum absolute atomic E-state index is 5.64. The van der Waals surface area contributed by atoms with Crippen LogP contribution in [0.5, 0.6) is 0 Å². The minimum atomic E-state index is 0.398. The Morgan fingerprint density at radius 3 is 2.80 bits per heavy atom. The number of hydrazine groups is 1. The highest BCUT2D eigenvalue weighted by molar-refractivity contribution is 5.33. The van der Waals surface area contributed by atoms with Gasteiger partial charge >= 0.3 is 0 Å². The number of hydrogen-bond donors (Lipinski definition) is 3. The lowest BCUT2D eigenvalue weighted by molar-refractivity contribution is 0.546. The number of aryl methyl sites for hydroxylation is 2. The Morgan fingerprint density at radius 2 is 2.13 bits per heavy atom. The summed E-state index contributed by atoms with van der Waals surface area (Å²) in [6.45, 7) is 4.98. The average Bonchev–Trinajstić information content (AvgIpc) is 2.70. The van der Waals surface area contributed by atoms with Crippen LogP contribution in [0.1, 0.15) is 29.2 Å². The molecule has 0 bridgehead atoms. The van der Waals surface area contributed by atoms with Crippen molar-refractivity contribution in [2.24, 2.45) is 5.73 Å². The minimum Gasteiger partial charge on any atom is -0.329 e. The topological polar surface area (TPSA) is 50.1 Å². The van der Waals surface area contributed by atoms with Crippen LogP contribution in [0.15, 0.2) is 18.2 Å². The van der Waals surface area contributed by atoms with Gasteiger partial charge in [0.2, 0.25) is 0 Å². The lowest BCUT2D eigenvalue weighted by Crippen LogP contribution is -2.35. The Morgan fingerprint density at radius 1 is 1.33 bits per heavy atom. The highest BCUT2D eigenvalue weighted by atomic mass is 15.4. The summed E-state index contributed by atoms with van der Waals surface area (Å²) in [5, 5.41) is 0. The second-order valence-electron chi connectivity index (χ2n) is 4.37. The molecule has 82 valence electrons. The van der Waals surface area contributed by atoms with Crippen LogP contribution in [0.3, 0.4) is 0 Å². The van der Waals surface area contributed by atoms with Crippen LogP contribution in [-0.2, 0) is 0 Å². The van der Waals surface area contributed by atoms with E-state index >= 15 is 0 Å². The van der Waals surface area contributed by atoms with Gasteiger partial charge in [-0.15, -0.1) is 0 Å². The number of nitrogens with two attached hydrogens (primary N) is 1. The fourth-order valence-corrected chi connectivity index (χ4v) is 2.12. The van der Waals surface area contributed by atoms with Gasteiger partial charge in [0.25, 0.3) is 0 Å². The predicted molar refractivity (Wildman–Crippen MR) is 62.4 cm³/mol. The van der Waals surface area contributed by atoms with Crippen molar-refractivity contribution in [1.82, 2.24) is 10.9 Å². The lowest BCUT2D eigenvalue weighted by atomic mass is 9.96. The van der Waals surface area contributed by atoms with Crippen LogP contribution in [-0.4, -0.2) is 12.6 Å². The van der Waals surface area contributed by atoms with Crippen LogP contribution in [0.2, 0.25) is 0 Å². The van der Waals surface area contributed by atoms with E-state index in [0.717, 1.165) is 6.42 Å². The quantitative estimate of drug-likeness (QED) is 0.679. The largest absolute Gasteiger partial charge is 0.329 e. The van der Waals surface area contributed by atoms with E-state index in [2.05, 4.69) is 42.9 Å². The maximum Gasteiger partial charge on any atom is 0.0481 e. The first-order valence-electron chi connectivity index (χ1n) is 5.49. The molecule has 0 spiro atoms. The van der Waals surface area contributed by atoms with Crippen LogP contribution >= 0.6 is 0 Å². The number of rotatable bonds is 2. The normalized spacial score (nSPS) is 25.8. The van der Waals surface area contributed by atoms with E-state index in [1.54, 1.807) is 0 Å². The van der Waals surface area contributed by atoms with Gasteiger partial charge in [-0.2, -0.15) is 0 Å². The fourth-order valence-electron chi connectivity index (χ4n) is 2.12. The zero-order valence-corrected chi connectivity index (χ0v) is 9.38. The molecule has 1 aliphatic heterocycles. The number of hydrogen-bond acceptors (Lipinski definition) is 3. The van der Waals surface area contributed by atoms with Crippen LogP contribution in [0, 0.1) is 13.8 Å². The van der Waals surface area contributed by atoms with Gasteiger partial charge in [0.05, 0.1) is 0 Å². The summed E-state index contributed by atoms with van der Waals surface area (Å²) in [4.78, 5) is 0. The van der Waals surface area contributed by atoms with E-state index in [9.17, 15) is 0 Å². The summed E-state index contributed by atoms with van der Waals surface area (Å²) in [6, 6.07) is 7.39. The van der Waals surface area contributed by atoms with Crippen molar-refractivity contribution in [3.8, 4) is 0 Å². The Kier molecular flexibility index (Phi) is 3.05. The molecule has 2 rings (SSSR count). The molecule has 1 saturated heterocycles. The van der Waals surface area contributed by atoms with Crippen LogP contribution in [0.25, 0.3) is 0 Å². The molecule has 2 unspecified atom stereocenters. The van der Waals surface area contributed by atoms with Crippen molar-refractivity contribution in [2.45, 2.75) is 32.4 Å². The number of benzene rings is 1. The molecule has 15 heavy (non-hydrogen) atoms. The molecule has 4 N–H and O–H groups in total. The summed E-state index contributed by atoms with van der Waals surface area (Å²) in [7, 11) is 0. The van der Waals surface area contributed by atoms with Crippen molar-refractivity contribution >= 4 is 0 Å². The van der Waals surface area contributed by atoms with Crippen LogP contribution < -0.4 is 16.6 Å². The van der Waals surface area contributed by atoms with Crippen molar-refractivity contribution in [1.29, 1.82) is 0 Å². The van der Waals surface area contributed by atoms with Gasteiger partial charge in [-0.05, 0) is 31.4 Å². The average molecular weight is 205 g/mol. The molecule has 2 atom stereocenters. The van der Waals surface area contributed by atoms with E-state index in [1.807, 2.05) is 0 Å². The van der Waals surface area contributed by atoms with Gasteiger partial charge in [0.15, 0.2) is 0 Å². The summed E-state index contributed by atoms with van der Waals surface area (Å²) in [5.41, 5.74) is 16.2. The Balaban J connectivity index is 2.19. The molecule has 0 radical (unpaired) electrons. The maximum atomic E-state index is 5.64. The highest BCUT2D eigenvalue weighted by Crippen LogP contribution is 2.25. The van der Waals surface area contributed by atoms with Crippen molar-refractivity contribution in [3.05, 3.63) is 34.9 Å². The van der Waals surface area contributed by atoms with Gasteiger partial charge < -0.3 is 5.73 Å². The lowest BCUT2D eigenvalue weighted by Gasteiger charge is -2.13. The van der Waals surface area contributed by atoms with Gasteiger partial charge in [0.1, 0.15) is 0 Å². The van der Waals surface area contributed by atoms with Crippen LogP contribution in [0.4, 0.5) is 0 Å². The molecule has 1 aromatic rings. The van der Waals surface area contributed by atoms with Gasteiger partial charge in [-0.3, -0.25) is 5.43 Å². The van der Waals surface area contributed by atoms with Gasteiger partial charge in [-0.25, -0.2) is 5.43 Å². The van der Waals surface area contributed by atoms with E-state index in [4.69, 9.17) is 5.73 Å². The molecule has 0 amide bonds. The van der Waals surface area contributed by atoms with Gasteiger partial charge in [0, 0.05) is 18.6 Å². The molecule has 0 aliphatic carbocycles. The molecule has 3 heteroatoms. The standard InChI is InChI=1S/C12H19N3/c1-8-3-4-9(2)11(5-8)12-6-10(7-13)14-15-12/h3-5,10,12,14-15H,6-7,13H2,1-2H3. The summed E-state index contributed by atoms with van der Waals surface area (Å²) in [5.74, 6) is 0. The second-order valence-corrected chi connectivity index (χ2v) is 4.37. The van der Waals surface area contributed by atoms with E-state index < -0.39 is 0 Å². The summed E-state index contributed by atoms with van der Waals surface area (Å²) >= 11 is 0. The van der Waals surface area contributed by atoms with Gasteiger partial charge in [-0.1, -0.05) is 23.8 Å². The molecule has 0 saturated carbocycles. The highest BCUT2D eigenvalue weighted by Gasteiger charge is 2.24.